The summed E-state index contributed by atoms with van der Waals surface area (Å²) in [6.45, 7) is 8.46. The third-order valence-electron chi connectivity index (χ3n) is 9.65. The number of esters is 2. The lowest BCUT2D eigenvalue weighted by atomic mass is 9.95. The standard InChI is InChI=1S/C39H74N2O7/c1-2-3-4-5-6-7-8-9-21-34-47-38(45)25-15-11-17-28-40(29-19-20-33-42)30-22-35-48-39(46)26-16-12-18-31-41-32-27-36(41)23-13-10-14-24-37(43)44/h36,42H,2-35H2,1H3,(H,43,44). The van der Waals surface area contributed by atoms with E-state index in [9.17, 15) is 19.5 Å². The van der Waals surface area contributed by atoms with Crippen LogP contribution in [0.3, 0.4) is 0 Å². The Kier molecular flexibility index (Phi) is 30.0. The minimum Gasteiger partial charge on any atom is -0.481 e. The molecule has 9 heteroatoms. The van der Waals surface area contributed by atoms with Crippen LogP contribution in [0, 0.1) is 0 Å². The van der Waals surface area contributed by atoms with Crippen molar-refractivity contribution in [2.75, 3.05) is 52.5 Å². The highest BCUT2D eigenvalue weighted by atomic mass is 16.5. The van der Waals surface area contributed by atoms with E-state index >= 15 is 0 Å². The topological polar surface area (TPSA) is 117 Å². The Morgan fingerprint density at radius 2 is 1.15 bits per heavy atom. The van der Waals surface area contributed by atoms with Crippen molar-refractivity contribution in [1.29, 1.82) is 0 Å². The second kappa shape index (κ2) is 32.5. The van der Waals surface area contributed by atoms with Crippen LogP contribution in [0.4, 0.5) is 0 Å². The SMILES string of the molecule is CCCCCCCCCCCOC(=O)CCCCCN(CCCCO)CCCOC(=O)CCCCCN1CCC1CCCCCC(=O)O. The lowest BCUT2D eigenvalue weighted by Gasteiger charge is -2.41. The molecule has 0 radical (unpaired) electrons. The molecular formula is C39H74N2O7. The van der Waals surface area contributed by atoms with E-state index in [-0.39, 0.29) is 25.0 Å². The van der Waals surface area contributed by atoms with Gasteiger partial charge in [-0.05, 0) is 96.8 Å². The van der Waals surface area contributed by atoms with Crippen molar-refractivity contribution >= 4 is 17.9 Å². The predicted molar refractivity (Wildman–Crippen MR) is 194 cm³/mol. The van der Waals surface area contributed by atoms with Crippen molar-refractivity contribution in [1.82, 2.24) is 9.80 Å². The van der Waals surface area contributed by atoms with Crippen LogP contribution in [-0.4, -0.2) is 96.5 Å². The second-order valence-electron chi connectivity index (χ2n) is 14.0. The van der Waals surface area contributed by atoms with Gasteiger partial charge in [0.05, 0.1) is 13.2 Å². The summed E-state index contributed by atoms with van der Waals surface area (Å²) >= 11 is 0. The third kappa shape index (κ3) is 27.2. The molecule has 0 aliphatic carbocycles. The van der Waals surface area contributed by atoms with E-state index in [4.69, 9.17) is 14.6 Å². The van der Waals surface area contributed by atoms with Crippen molar-refractivity contribution in [3.05, 3.63) is 0 Å². The first-order valence-electron chi connectivity index (χ1n) is 20.1. The van der Waals surface area contributed by atoms with Gasteiger partial charge in [0.1, 0.15) is 0 Å². The quantitative estimate of drug-likeness (QED) is 0.0497. The highest BCUT2D eigenvalue weighted by Gasteiger charge is 2.26. The van der Waals surface area contributed by atoms with Crippen molar-refractivity contribution in [2.24, 2.45) is 0 Å². The molecule has 1 fully saturated rings. The van der Waals surface area contributed by atoms with Crippen LogP contribution in [0.1, 0.15) is 174 Å². The number of carbonyl (C=O) groups is 3. The van der Waals surface area contributed by atoms with E-state index in [1.807, 2.05) is 0 Å². The molecule has 1 saturated heterocycles. The summed E-state index contributed by atoms with van der Waals surface area (Å²) in [6, 6.07) is 0.658. The maximum atomic E-state index is 12.2. The number of aliphatic hydroxyl groups excluding tert-OH is 1. The Bertz CT molecular complexity index is 781. The van der Waals surface area contributed by atoms with Gasteiger partial charge in [0.15, 0.2) is 0 Å². The van der Waals surface area contributed by atoms with Gasteiger partial charge in [0.2, 0.25) is 0 Å². The molecule has 1 heterocycles. The van der Waals surface area contributed by atoms with Crippen LogP contribution in [0.15, 0.2) is 0 Å². The molecule has 2 N–H and O–H groups in total. The molecule has 0 aromatic heterocycles. The van der Waals surface area contributed by atoms with Gasteiger partial charge in [-0.2, -0.15) is 0 Å². The number of carbonyl (C=O) groups excluding carboxylic acids is 2. The number of rotatable bonds is 36. The fourth-order valence-corrected chi connectivity index (χ4v) is 6.49. The van der Waals surface area contributed by atoms with Gasteiger partial charge in [-0.15, -0.1) is 0 Å². The van der Waals surface area contributed by atoms with Gasteiger partial charge in [-0.3, -0.25) is 14.4 Å². The zero-order chi connectivity index (χ0) is 34.9. The first-order chi connectivity index (χ1) is 23.5. The molecule has 0 saturated carbocycles. The number of aliphatic carboxylic acids is 1. The number of nitrogens with zero attached hydrogens (tertiary/aromatic N) is 2. The average Bonchev–Trinajstić information content (AvgIpc) is 3.05. The summed E-state index contributed by atoms with van der Waals surface area (Å²) in [5.74, 6) is -0.871. The number of hydrogen-bond acceptors (Lipinski definition) is 8. The number of likely N-dealkylation sites (tertiary alicyclic amines) is 1. The fraction of sp³-hybridized carbons (Fsp3) is 0.923. The van der Waals surface area contributed by atoms with Crippen LogP contribution >= 0.6 is 0 Å². The van der Waals surface area contributed by atoms with Crippen LogP contribution in [0.5, 0.6) is 0 Å². The van der Waals surface area contributed by atoms with Gasteiger partial charge in [-0.1, -0.05) is 84.0 Å². The molecule has 0 spiro atoms. The van der Waals surface area contributed by atoms with Gasteiger partial charge in [0.25, 0.3) is 0 Å². The number of carboxylic acid groups (broad SMARTS) is 1. The summed E-state index contributed by atoms with van der Waals surface area (Å²) in [4.78, 5) is 39.9. The molecule has 1 aliphatic rings. The maximum Gasteiger partial charge on any atom is 0.305 e. The molecule has 0 amide bonds. The largest absolute Gasteiger partial charge is 0.481 e. The molecule has 48 heavy (non-hydrogen) atoms. The number of unbranched alkanes of at least 4 members (excludes halogenated alkanes) is 15. The van der Waals surface area contributed by atoms with E-state index in [1.165, 1.54) is 57.8 Å². The summed E-state index contributed by atoms with van der Waals surface area (Å²) in [5, 5.41) is 17.9. The molecule has 1 aliphatic heterocycles. The van der Waals surface area contributed by atoms with Crippen LogP contribution in [0.25, 0.3) is 0 Å². The van der Waals surface area contributed by atoms with Gasteiger partial charge >= 0.3 is 17.9 Å². The van der Waals surface area contributed by atoms with E-state index in [0.717, 1.165) is 123 Å². The minimum absolute atomic E-state index is 0.0701. The minimum atomic E-state index is -0.699. The van der Waals surface area contributed by atoms with Crippen LogP contribution < -0.4 is 0 Å². The fourth-order valence-electron chi connectivity index (χ4n) is 6.49. The monoisotopic (exact) mass is 683 g/mol. The third-order valence-corrected chi connectivity index (χ3v) is 9.65. The van der Waals surface area contributed by atoms with Crippen molar-refractivity contribution in [3.8, 4) is 0 Å². The lowest BCUT2D eigenvalue weighted by Crippen LogP contribution is -2.47. The smallest absolute Gasteiger partial charge is 0.305 e. The van der Waals surface area contributed by atoms with E-state index in [1.54, 1.807) is 0 Å². The Balaban J connectivity index is 2.02. The zero-order valence-electron chi connectivity index (χ0n) is 30.9. The zero-order valence-corrected chi connectivity index (χ0v) is 30.9. The number of hydrogen-bond donors (Lipinski definition) is 2. The lowest BCUT2D eigenvalue weighted by molar-refractivity contribution is -0.144. The average molecular weight is 683 g/mol. The maximum absolute atomic E-state index is 12.2. The highest BCUT2D eigenvalue weighted by Crippen LogP contribution is 2.23. The summed E-state index contributed by atoms with van der Waals surface area (Å²) in [6.07, 6.45) is 26.3. The second-order valence-corrected chi connectivity index (χ2v) is 14.0. The molecule has 1 unspecified atom stereocenters. The van der Waals surface area contributed by atoms with E-state index in [0.29, 0.717) is 32.1 Å². The number of carboxylic acids is 1. The molecule has 0 bridgehead atoms. The normalized spacial score (nSPS) is 14.7. The Labute approximate surface area is 293 Å². The molecule has 1 rings (SSSR count). The molecule has 0 aromatic carbocycles. The van der Waals surface area contributed by atoms with Crippen molar-refractivity contribution in [3.63, 3.8) is 0 Å². The summed E-state index contributed by atoms with van der Waals surface area (Å²) < 4.78 is 10.9. The first kappa shape index (κ1) is 44.3. The predicted octanol–water partition coefficient (Wildman–Crippen LogP) is 8.30. The molecule has 282 valence electrons. The number of ether oxygens (including phenoxy) is 2. The van der Waals surface area contributed by atoms with Gasteiger partial charge in [0, 0.05) is 38.5 Å². The molecule has 9 nitrogen and oxygen atoms in total. The Morgan fingerprint density at radius 1 is 0.625 bits per heavy atom. The Hall–Kier alpha value is -1.71. The van der Waals surface area contributed by atoms with Crippen molar-refractivity contribution in [2.45, 2.75) is 180 Å². The molecule has 0 aromatic rings. The van der Waals surface area contributed by atoms with E-state index < -0.39 is 5.97 Å². The molecule has 1 atom stereocenters. The summed E-state index contributed by atoms with van der Waals surface area (Å²) in [7, 11) is 0. The molecular weight excluding hydrogens is 608 g/mol. The van der Waals surface area contributed by atoms with Gasteiger partial charge < -0.3 is 29.5 Å². The first-order valence-corrected chi connectivity index (χ1v) is 20.1. The van der Waals surface area contributed by atoms with Crippen LogP contribution in [-0.2, 0) is 23.9 Å². The number of aliphatic hydroxyl groups is 1. The van der Waals surface area contributed by atoms with Gasteiger partial charge in [-0.25, -0.2) is 0 Å². The Morgan fingerprint density at radius 3 is 1.75 bits per heavy atom. The highest BCUT2D eigenvalue weighted by molar-refractivity contribution is 5.69. The van der Waals surface area contributed by atoms with E-state index in [2.05, 4.69) is 16.7 Å². The van der Waals surface area contributed by atoms with Crippen molar-refractivity contribution < 1.29 is 34.1 Å². The summed E-state index contributed by atoms with van der Waals surface area (Å²) in [5.41, 5.74) is 0. The van der Waals surface area contributed by atoms with Crippen LogP contribution in [0.2, 0.25) is 0 Å².